The van der Waals surface area contributed by atoms with E-state index in [4.69, 9.17) is 21.1 Å². The van der Waals surface area contributed by atoms with E-state index in [0.717, 1.165) is 43.9 Å². The van der Waals surface area contributed by atoms with E-state index in [0.29, 0.717) is 23.6 Å². The number of benzene rings is 1. The van der Waals surface area contributed by atoms with Crippen LogP contribution >= 0.6 is 11.6 Å². The lowest BCUT2D eigenvalue weighted by Gasteiger charge is -2.24. The van der Waals surface area contributed by atoms with Gasteiger partial charge in [-0.05, 0) is 44.0 Å². The van der Waals surface area contributed by atoms with Crippen molar-refractivity contribution < 1.29 is 9.47 Å². The monoisotopic (exact) mass is 297 g/mol. The molecule has 1 N–H and O–H groups in total. The smallest absolute Gasteiger partial charge is 0.137 e. The highest BCUT2D eigenvalue weighted by Gasteiger charge is 2.26. The van der Waals surface area contributed by atoms with Gasteiger partial charge in [0.05, 0.1) is 11.6 Å². The molecule has 1 saturated heterocycles. The van der Waals surface area contributed by atoms with Gasteiger partial charge in [0.2, 0.25) is 0 Å². The molecule has 0 amide bonds. The van der Waals surface area contributed by atoms with Crippen LogP contribution in [0.25, 0.3) is 0 Å². The molecule has 1 aromatic carbocycles. The van der Waals surface area contributed by atoms with E-state index in [2.05, 4.69) is 12.2 Å². The van der Waals surface area contributed by atoms with Crippen molar-refractivity contribution >= 4 is 11.6 Å². The third-order valence-electron chi connectivity index (χ3n) is 3.70. The van der Waals surface area contributed by atoms with Crippen LogP contribution in [0.1, 0.15) is 25.3 Å². The molecule has 1 aliphatic heterocycles. The lowest BCUT2D eigenvalue weighted by atomic mass is 9.99. The van der Waals surface area contributed by atoms with Gasteiger partial charge in [-0.3, -0.25) is 0 Å². The maximum absolute atomic E-state index is 6.21. The quantitative estimate of drug-likeness (QED) is 0.836. The summed E-state index contributed by atoms with van der Waals surface area (Å²) in [7, 11) is 0. The summed E-state index contributed by atoms with van der Waals surface area (Å²) in [5.41, 5.74) is 1.15. The summed E-state index contributed by atoms with van der Waals surface area (Å²) in [4.78, 5) is 0. The number of aryl methyl sites for hydroxylation is 1. The molecule has 1 aromatic rings. The summed E-state index contributed by atoms with van der Waals surface area (Å²) in [6.45, 7) is 7.53. The lowest BCUT2D eigenvalue weighted by molar-refractivity contribution is 0.160. The summed E-state index contributed by atoms with van der Waals surface area (Å²) in [6.07, 6.45) is 2.22. The molecule has 3 nitrogen and oxygen atoms in total. The number of hydrogen-bond donors (Lipinski definition) is 1. The number of ether oxygens (including phenoxy) is 2. The number of rotatable bonds is 7. The minimum absolute atomic E-state index is 0.329. The molecule has 0 aromatic heterocycles. The van der Waals surface area contributed by atoms with E-state index in [-0.39, 0.29) is 0 Å². The van der Waals surface area contributed by atoms with E-state index in [1.54, 1.807) is 0 Å². The zero-order valence-electron chi connectivity index (χ0n) is 12.3. The molecule has 2 atom stereocenters. The van der Waals surface area contributed by atoms with Crippen molar-refractivity contribution in [2.75, 3.05) is 26.4 Å². The van der Waals surface area contributed by atoms with E-state index in [1.807, 2.05) is 25.1 Å². The second-order valence-corrected chi connectivity index (χ2v) is 5.84. The Kier molecular flexibility index (Phi) is 6.14. The van der Waals surface area contributed by atoms with E-state index >= 15 is 0 Å². The first-order chi connectivity index (χ1) is 9.70. The van der Waals surface area contributed by atoms with E-state index in [9.17, 15) is 0 Å². The van der Waals surface area contributed by atoms with Crippen LogP contribution in [-0.4, -0.2) is 32.4 Å². The summed E-state index contributed by atoms with van der Waals surface area (Å²) in [5.74, 6) is 1.30. The fourth-order valence-electron chi connectivity index (χ4n) is 2.46. The van der Waals surface area contributed by atoms with Gasteiger partial charge in [-0.25, -0.2) is 0 Å². The maximum Gasteiger partial charge on any atom is 0.137 e. The SMILES string of the molecule is CCCNC(COc1ccc(C)cc1Cl)C1CCOC1. The number of hydrogen-bond acceptors (Lipinski definition) is 3. The van der Waals surface area contributed by atoms with Crippen LogP contribution in [0.2, 0.25) is 5.02 Å². The van der Waals surface area contributed by atoms with Crippen molar-refractivity contribution in [3.63, 3.8) is 0 Å². The highest BCUT2D eigenvalue weighted by Crippen LogP contribution is 2.26. The van der Waals surface area contributed by atoms with Crippen LogP contribution in [0.5, 0.6) is 5.75 Å². The Morgan fingerprint density at radius 1 is 1.50 bits per heavy atom. The molecule has 0 aliphatic carbocycles. The van der Waals surface area contributed by atoms with Crippen LogP contribution in [0, 0.1) is 12.8 Å². The summed E-state index contributed by atoms with van der Waals surface area (Å²) < 4.78 is 11.4. The lowest BCUT2D eigenvalue weighted by Crippen LogP contribution is -2.41. The van der Waals surface area contributed by atoms with Crippen molar-refractivity contribution in [3.05, 3.63) is 28.8 Å². The van der Waals surface area contributed by atoms with Gasteiger partial charge in [-0.15, -0.1) is 0 Å². The Morgan fingerprint density at radius 2 is 2.35 bits per heavy atom. The van der Waals surface area contributed by atoms with Crippen LogP contribution in [0.15, 0.2) is 18.2 Å². The van der Waals surface area contributed by atoms with Gasteiger partial charge < -0.3 is 14.8 Å². The van der Waals surface area contributed by atoms with Gasteiger partial charge in [-0.2, -0.15) is 0 Å². The molecule has 112 valence electrons. The minimum atomic E-state index is 0.329. The van der Waals surface area contributed by atoms with E-state index < -0.39 is 0 Å². The average Bonchev–Trinajstić information content (AvgIpc) is 2.95. The van der Waals surface area contributed by atoms with E-state index in [1.165, 1.54) is 0 Å². The number of nitrogens with one attached hydrogen (secondary N) is 1. The molecule has 1 heterocycles. The summed E-state index contributed by atoms with van der Waals surface area (Å²) >= 11 is 6.21. The van der Waals surface area contributed by atoms with Gasteiger partial charge in [0, 0.05) is 18.6 Å². The van der Waals surface area contributed by atoms with Gasteiger partial charge in [-0.1, -0.05) is 24.6 Å². The van der Waals surface area contributed by atoms with Gasteiger partial charge in [0.1, 0.15) is 12.4 Å². The highest BCUT2D eigenvalue weighted by atomic mass is 35.5. The fourth-order valence-corrected chi connectivity index (χ4v) is 2.75. The molecule has 20 heavy (non-hydrogen) atoms. The Morgan fingerprint density at radius 3 is 3.00 bits per heavy atom. The normalized spacial score (nSPS) is 20.1. The molecule has 4 heteroatoms. The number of halogens is 1. The molecule has 0 spiro atoms. The first-order valence-corrected chi connectivity index (χ1v) is 7.78. The Balaban J connectivity index is 1.93. The average molecular weight is 298 g/mol. The minimum Gasteiger partial charge on any atom is -0.490 e. The van der Waals surface area contributed by atoms with Crippen molar-refractivity contribution in [3.8, 4) is 5.75 Å². The van der Waals surface area contributed by atoms with Crippen molar-refractivity contribution in [1.29, 1.82) is 0 Å². The predicted octanol–water partition coefficient (Wildman–Crippen LogP) is 3.43. The molecule has 2 unspecified atom stereocenters. The van der Waals surface area contributed by atoms with Crippen LogP contribution < -0.4 is 10.1 Å². The first kappa shape index (κ1) is 15.6. The Hall–Kier alpha value is -0.770. The van der Waals surface area contributed by atoms with Crippen LogP contribution in [-0.2, 0) is 4.74 Å². The molecular weight excluding hydrogens is 274 g/mol. The molecular formula is C16H24ClNO2. The largest absolute Gasteiger partial charge is 0.490 e. The molecule has 0 bridgehead atoms. The van der Waals surface area contributed by atoms with Gasteiger partial charge in [0.25, 0.3) is 0 Å². The molecule has 1 fully saturated rings. The van der Waals surface area contributed by atoms with Crippen LogP contribution in [0.3, 0.4) is 0 Å². The molecule has 0 radical (unpaired) electrons. The topological polar surface area (TPSA) is 30.5 Å². The second kappa shape index (κ2) is 7.87. The molecule has 1 aliphatic rings. The second-order valence-electron chi connectivity index (χ2n) is 5.43. The fraction of sp³-hybridized carbons (Fsp3) is 0.625. The standard InChI is InChI=1S/C16H24ClNO2/c1-3-7-18-15(13-6-8-19-10-13)11-20-16-5-4-12(2)9-14(16)17/h4-5,9,13,15,18H,3,6-8,10-11H2,1-2H3. The third-order valence-corrected chi connectivity index (χ3v) is 3.99. The predicted molar refractivity (Wildman–Crippen MR) is 82.7 cm³/mol. The third kappa shape index (κ3) is 4.37. The maximum atomic E-state index is 6.21. The van der Waals surface area contributed by atoms with Crippen LogP contribution in [0.4, 0.5) is 0 Å². The van der Waals surface area contributed by atoms with Crippen molar-refractivity contribution in [2.24, 2.45) is 5.92 Å². The van der Waals surface area contributed by atoms with Gasteiger partial charge >= 0.3 is 0 Å². The summed E-state index contributed by atoms with van der Waals surface area (Å²) in [6, 6.07) is 6.23. The highest BCUT2D eigenvalue weighted by molar-refractivity contribution is 6.32. The van der Waals surface area contributed by atoms with Crippen molar-refractivity contribution in [1.82, 2.24) is 5.32 Å². The molecule has 0 saturated carbocycles. The Bertz CT molecular complexity index is 419. The molecule has 2 rings (SSSR count). The Labute approximate surface area is 126 Å². The van der Waals surface area contributed by atoms with Gasteiger partial charge in [0.15, 0.2) is 0 Å². The first-order valence-electron chi connectivity index (χ1n) is 7.40. The zero-order valence-corrected chi connectivity index (χ0v) is 13.1. The van der Waals surface area contributed by atoms with Crippen molar-refractivity contribution in [2.45, 2.75) is 32.7 Å². The zero-order chi connectivity index (χ0) is 14.4. The summed E-state index contributed by atoms with van der Waals surface area (Å²) in [5, 5.41) is 4.25.